The van der Waals surface area contributed by atoms with Crippen molar-refractivity contribution in [2.75, 3.05) is 25.6 Å². The van der Waals surface area contributed by atoms with Crippen molar-refractivity contribution in [2.45, 2.75) is 12.6 Å². The number of carbonyl (C=O) groups excluding carboxylic acids is 1. The lowest BCUT2D eigenvalue weighted by atomic mass is 10.2. The van der Waals surface area contributed by atoms with E-state index in [9.17, 15) is 18.0 Å². The van der Waals surface area contributed by atoms with E-state index in [1.807, 2.05) is 0 Å². The highest BCUT2D eigenvalue weighted by atomic mass is 19.4. The summed E-state index contributed by atoms with van der Waals surface area (Å²) in [5.41, 5.74) is -0.426. The Hall–Kier alpha value is -2.68. The Balaban J connectivity index is 1.97. The number of benzene rings is 1. The smallest absolute Gasteiger partial charge is 0.385 e. The van der Waals surface area contributed by atoms with Crippen LogP contribution in [0, 0.1) is 0 Å². The van der Waals surface area contributed by atoms with Crippen LogP contribution in [0.2, 0.25) is 0 Å². The lowest BCUT2D eigenvalue weighted by Gasteiger charge is -2.10. The van der Waals surface area contributed by atoms with Crippen molar-refractivity contribution in [3.05, 3.63) is 47.7 Å². The largest absolute Gasteiger partial charge is 0.416 e. The lowest BCUT2D eigenvalue weighted by molar-refractivity contribution is -0.137. The molecule has 0 spiro atoms. The molecule has 0 aliphatic rings. The van der Waals surface area contributed by atoms with Crippen molar-refractivity contribution in [2.24, 2.45) is 0 Å². The molecule has 0 unspecified atom stereocenters. The molecule has 0 saturated carbocycles. The number of amides is 1. The van der Waals surface area contributed by atoms with Gasteiger partial charge in [0, 0.05) is 25.9 Å². The van der Waals surface area contributed by atoms with E-state index in [1.165, 1.54) is 24.3 Å². The molecule has 1 aromatic heterocycles. The average Bonchev–Trinajstić information content (AvgIpc) is 2.59. The first-order valence-electron chi connectivity index (χ1n) is 7.45. The van der Waals surface area contributed by atoms with Crippen molar-refractivity contribution < 1.29 is 22.7 Å². The van der Waals surface area contributed by atoms with E-state index in [-0.39, 0.29) is 23.1 Å². The molecule has 0 saturated heterocycles. The second-order valence-electron chi connectivity index (χ2n) is 5.11. The lowest BCUT2D eigenvalue weighted by Crippen LogP contribution is -2.26. The second-order valence-corrected chi connectivity index (χ2v) is 5.11. The fourth-order valence-corrected chi connectivity index (χ4v) is 1.95. The fourth-order valence-electron chi connectivity index (χ4n) is 1.95. The maximum absolute atomic E-state index is 12.7. The Kier molecular flexibility index (Phi) is 6.29. The predicted octanol–water partition coefficient (Wildman–Crippen LogP) is 3.01. The molecular formula is C16H17F3N4O2. The van der Waals surface area contributed by atoms with Gasteiger partial charge in [-0.3, -0.25) is 4.79 Å². The minimum absolute atomic E-state index is 0.118. The molecule has 1 amide bonds. The standard InChI is InChI=1S/C16H17F3N4O2/c1-25-9-3-8-20-15(24)13-6-7-14(23-22-13)21-12-5-2-4-11(10-12)16(17,18)19/h2,4-7,10H,3,8-9H2,1H3,(H,20,24)(H,21,23). The molecule has 134 valence electrons. The molecular weight excluding hydrogens is 337 g/mol. The molecule has 2 aromatic rings. The van der Waals surface area contributed by atoms with E-state index in [4.69, 9.17) is 4.74 Å². The Morgan fingerprint density at radius 2 is 2.00 bits per heavy atom. The van der Waals surface area contributed by atoms with Crippen LogP contribution in [0.1, 0.15) is 22.5 Å². The summed E-state index contributed by atoms with van der Waals surface area (Å²) in [4.78, 5) is 11.8. The van der Waals surface area contributed by atoms with Crippen LogP contribution in [0.15, 0.2) is 36.4 Å². The number of alkyl halides is 3. The van der Waals surface area contributed by atoms with E-state index in [0.29, 0.717) is 19.6 Å². The van der Waals surface area contributed by atoms with E-state index in [1.54, 1.807) is 7.11 Å². The van der Waals surface area contributed by atoms with Gasteiger partial charge >= 0.3 is 6.18 Å². The number of anilines is 2. The molecule has 0 atom stereocenters. The van der Waals surface area contributed by atoms with E-state index < -0.39 is 11.7 Å². The maximum Gasteiger partial charge on any atom is 0.416 e. The number of aromatic nitrogens is 2. The quantitative estimate of drug-likeness (QED) is 0.748. The monoisotopic (exact) mass is 354 g/mol. The molecule has 0 fully saturated rings. The number of hydrogen-bond donors (Lipinski definition) is 2. The van der Waals surface area contributed by atoms with Gasteiger partial charge < -0.3 is 15.4 Å². The molecule has 0 aliphatic carbocycles. The Labute approximate surface area is 142 Å². The number of rotatable bonds is 7. The number of halogens is 3. The average molecular weight is 354 g/mol. The van der Waals surface area contributed by atoms with Gasteiger partial charge in [-0.25, -0.2) is 0 Å². The highest BCUT2D eigenvalue weighted by Crippen LogP contribution is 2.31. The van der Waals surface area contributed by atoms with Crippen molar-refractivity contribution in [3.63, 3.8) is 0 Å². The molecule has 2 rings (SSSR count). The second kappa shape index (κ2) is 8.43. The SMILES string of the molecule is COCCCNC(=O)c1ccc(Nc2cccc(C(F)(F)F)c2)nn1. The van der Waals surface area contributed by atoms with Gasteiger partial charge in [-0.2, -0.15) is 13.2 Å². The van der Waals surface area contributed by atoms with Crippen LogP contribution in [-0.2, 0) is 10.9 Å². The number of ether oxygens (including phenoxy) is 1. The van der Waals surface area contributed by atoms with Crippen molar-refractivity contribution in [1.29, 1.82) is 0 Å². The van der Waals surface area contributed by atoms with Crippen LogP contribution in [0.4, 0.5) is 24.7 Å². The first-order valence-corrected chi connectivity index (χ1v) is 7.45. The van der Waals surface area contributed by atoms with Gasteiger partial charge in [-0.1, -0.05) is 6.07 Å². The number of carbonyl (C=O) groups is 1. The van der Waals surface area contributed by atoms with Crippen molar-refractivity contribution in [3.8, 4) is 0 Å². The maximum atomic E-state index is 12.7. The highest BCUT2D eigenvalue weighted by Gasteiger charge is 2.30. The summed E-state index contributed by atoms with van der Waals surface area (Å²) in [6.07, 6.45) is -3.75. The Bertz CT molecular complexity index is 705. The Morgan fingerprint density at radius 1 is 1.20 bits per heavy atom. The zero-order chi connectivity index (χ0) is 18.3. The summed E-state index contributed by atoms with van der Waals surface area (Å²) in [5.74, 6) is -0.149. The summed E-state index contributed by atoms with van der Waals surface area (Å²) in [7, 11) is 1.57. The predicted molar refractivity (Wildman–Crippen MR) is 85.6 cm³/mol. The molecule has 25 heavy (non-hydrogen) atoms. The molecule has 1 aromatic carbocycles. The topological polar surface area (TPSA) is 76.1 Å². The zero-order valence-electron chi connectivity index (χ0n) is 13.4. The number of nitrogens with zero attached hydrogens (tertiary/aromatic N) is 2. The van der Waals surface area contributed by atoms with E-state index in [0.717, 1.165) is 12.1 Å². The molecule has 0 bridgehead atoms. The van der Waals surface area contributed by atoms with Crippen LogP contribution in [0.25, 0.3) is 0 Å². The summed E-state index contributed by atoms with van der Waals surface area (Å²) >= 11 is 0. The minimum Gasteiger partial charge on any atom is -0.385 e. The number of nitrogens with one attached hydrogen (secondary N) is 2. The van der Waals surface area contributed by atoms with Crippen LogP contribution < -0.4 is 10.6 Å². The molecule has 1 heterocycles. The first kappa shape index (κ1) is 18.7. The number of methoxy groups -OCH3 is 1. The van der Waals surface area contributed by atoms with Crippen LogP contribution >= 0.6 is 0 Å². The summed E-state index contributed by atoms with van der Waals surface area (Å²) < 4.78 is 42.9. The van der Waals surface area contributed by atoms with Crippen molar-refractivity contribution >= 4 is 17.4 Å². The van der Waals surface area contributed by atoms with E-state index in [2.05, 4.69) is 20.8 Å². The zero-order valence-corrected chi connectivity index (χ0v) is 13.4. The third kappa shape index (κ3) is 5.71. The fraction of sp³-hybridized carbons (Fsp3) is 0.312. The van der Waals surface area contributed by atoms with Gasteiger partial charge in [0.25, 0.3) is 5.91 Å². The van der Waals surface area contributed by atoms with Crippen LogP contribution in [0.5, 0.6) is 0 Å². The van der Waals surface area contributed by atoms with Gasteiger partial charge in [-0.05, 0) is 36.8 Å². The normalized spacial score (nSPS) is 11.2. The van der Waals surface area contributed by atoms with Gasteiger partial charge in [0.15, 0.2) is 11.5 Å². The van der Waals surface area contributed by atoms with Gasteiger partial charge in [0.05, 0.1) is 5.56 Å². The van der Waals surface area contributed by atoms with E-state index >= 15 is 0 Å². The molecule has 0 radical (unpaired) electrons. The van der Waals surface area contributed by atoms with Gasteiger partial charge in [0.2, 0.25) is 0 Å². The van der Waals surface area contributed by atoms with Gasteiger partial charge in [-0.15, -0.1) is 10.2 Å². The molecule has 6 nitrogen and oxygen atoms in total. The minimum atomic E-state index is -4.42. The van der Waals surface area contributed by atoms with Crippen LogP contribution in [0.3, 0.4) is 0 Å². The Morgan fingerprint density at radius 3 is 2.64 bits per heavy atom. The molecule has 2 N–H and O–H groups in total. The third-order valence-corrected chi connectivity index (χ3v) is 3.17. The van der Waals surface area contributed by atoms with Crippen molar-refractivity contribution in [1.82, 2.24) is 15.5 Å². The summed E-state index contributed by atoms with van der Waals surface area (Å²) in [5, 5.41) is 13.0. The third-order valence-electron chi connectivity index (χ3n) is 3.17. The molecule has 0 aliphatic heterocycles. The van der Waals surface area contributed by atoms with Gasteiger partial charge in [0.1, 0.15) is 0 Å². The summed E-state index contributed by atoms with van der Waals surface area (Å²) in [6.45, 7) is 0.977. The first-order chi connectivity index (χ1) is 11.9. The number of hydrogen-bond acceptors (Lipinski definition) is 5. The molecule has 9 heteroatoms. The van der Waals surface area contributed by atoms with Crippen LogP contribution in [-0.4, -0.2) is 36.4 Å². The summed E-state index contributed by atoms with van der Waals surface area (Å²) in [6, 6.07) is 7.63. The highest BCUT2D eigenvalue weighted by molar-refractivity contribution is 5.92.